The Hall–Kier alpha value is -4.20. The topological polar surface area (TPSA) is 282 Å². The average Bonchev–Trinajstić information content (AvgIpc) is 3.58. The van der Waals surface area contributed by atoms with E-state index in [1.54, 1.807) is 42.5 Å². The van der Waals surface area contributed by atoms with Gasteiger partial charge in [-0.05, 0) is 111 Å². The molecule has 0 amide bonds. The number of allylic oxidation sites excluding steroid dienone is 5. The number of carboxylic acids is 1. The number of benzene rings is 3. The normalized spacial score (nSPS) is 18.1. The third-order valence-electron chi connectivity index (χ3n) is 12.1. The fourth-order valence-corrected chi connectivity index (χ4v) is 10.8. The predicted octanol–water partition coefficient (Wildman–Crippen LogP) is 3.45. The number of hydrogen-bond donors (Lipinski definition) is 4. The van der Waals surface area contributed by atoms with Crippen LogP contribution >= 0.6 is 0 Å². The van der Waals surface area contributed by atoms with Crippen LogP contribution in [0.25, 0.3) is 0 Å². The summed E-state index contributed by atoms with van der Waals surface area (Å²) in [4.78, 5) is 12.4. The quantitative estimate of drug-likeness (QED) is 0.0546. The van der Waals surface area contributed by atoms with E-state index in [-0.39, 0.29) is 91.4 Å². The molecule has 0 saturated carbocycles. The first-order valence-corrected chi connectivity index (χ1v) is 27.6. The van der Waals surface area contributed by atoms with Gasteiger partial charge in [0.05, 0.1) is 33.3 Å². The van der Waals surface area contributed by atoms with Crippen LogP contribution in [0.15, 0.2) is 118 Å². The van der Waals surface area contributed by atoms with E-state index in [0.29, 0.717) is 64.5 Å². The molecule has 4 N–H and O–H groups in total. The first-order chi connectivity index (χ1) is 31.6. The second-order valence-corrected chi connectivity index (χ2v) is 23.7. The second-order valence-electron chi connectivity index (χ2n) is 17.7. The summed E-state index contributed by atoms with van der Waals surface area (Å²) in [6, 6.07) is 15.2. The molecule has 23 heteroatoms. The summed E-state index contributed by atoms with van der Waals surface area (Å²) in [5.74, 6) is -0.923. The molecule has 3 aromatic rings. The number of nitrogens with zero attached hydrogens (tertiary/aromatic N) is 2. The van der Waals surface area contributed by atoms with Gasteiger partial charge in [-0.25, -0.2) is 8.42 Å². The number of anilines is 1. The zero-order valence-electron chi connectivity index (χ0n) is 38.8. The van der Waals surface area contributed by atoms with Gasteiger partial charge in [-0.3, -0.25) is 18.5 Å². The van der Waals surface area contributed by atoms with Gasteiger partial charge in [0.25, 0.3) is 30.4 Å². The van der Waals surface area contributed by atoms with Crippen molar-refractivity contribution in [3.63, 3.8) is 0 Å². The molecule has 6 rings (SSSR count). The summed E-state index contributed by atoms with van der Waals surface area (Å²) in [5.41, 5.74) is 3.29. The van der Waals surface area contributed by atoms with Crippen LogP contribution in [-0.2, 0) is 67.3 Å². The van der Waals surface area contributed by atoms with Gasteiger partial charge in [0.15, 0.2) is 17.2 Å². The number of aryl methyl sites for hydroxylation is 1. The summed E-state index contributed by atoms with van der Waals surface area (Å²) in [5, 5.41) is 9.21. The Bertz CT molecular complexity index is 3100. The Morgan fingerprint density at radius 2 is 1.42 bits per heavy atom. The minimum absolute atomic E-state index is 0. The van der Waals surface area contributed by atoms with Crippen LogP contribution in [-0.4, -0.2) is 104 Å². The van der Waals surface area contributed by atoms with E-state index < -0.39 is 73.7 Å². The van der Waals surface area contributed by atoms with E-state index >= 15 is 0 Å². The van der Waals surface area contributed by atoms with Crippen molar-refractivity contribution in [1.29, 1.82) is 0 Å². The number of ether oxygens (including phenoxy) is 2. The van der Waals surface area contributed by atoms with Crippen LogP contribution in [0.4, 0.5) is 11.4 Å². The van der Waals surface area contributed by atoms with Gasteiger partial charge in [0.1, 0.15) is 22.4 Å². The molecule has 0 spiro atoms. The largest absolute Gasteiger partial charge is 1.00 e. The maximum absolute atomic E-state index is 12.2. The Morgan fingerprint density at radius 3 is 2.03 bits per heavy atom. The molecule has 18 nitrogen and oxygen atoms in total. The van der Waals surface area contributed by atoms with Crippen molar-refractivity contribution in [2.45, 2.75) is 93.3 Å². The molecule has 0 aliphatic carbocycles. The molecular weight excluding hydrogens is 988 g/mol. The van der Waals surface area contributed by atoms with E-state index in [9.17, 15) is 61.8 Å². The number of fused-ring (bicyclic) bond motifs is 2. The minimum atomic E-state index is -4.83. The van der Waals surface area contributed by atoms with Gasteiger partial charge in [-0.2, -0.15) is 29.8 Å². The van der Waals surface area contributed by atoms with E-state index in [1.165, 1.54) is 30.3 Å². The molecule has 368 valence electrons. The van der Waals surface area contributed by atoms with Crippen molar-refractivity contribution in [3.05, 3.63) is 124 Å². The van der Waals surface area contributed by atoms with Crippen molar-refractivity contribution in [1.82, 2.24) is 0 Å². The van der Waals surface area contributed by atoms with Crippen LogP contribution in [0.3, 0.4) is 0 Å². The van der Waals surface area contributed by atoms with Crippen molar-refractivity contribution in [2.24, 2.45) is 0 Å². The number of carbonyl (C=O) groups is 1. The molecular formula is C46H54N2NaO16S4+. The van der Waals surface area contributed by atoms with Crippen molar-refractivity contribution >= 4 is 63.5 Å². The molecule has 3 heterocycles. The van der Waals surface area contributed by atoms with E-state index in [0.717, 1.165) is 5.56 Å². The van der Waals surface area contributed by atoms with Gasteiger partial charge in [0, 0.05) is 65.9 Å². The molecule has 69 heavy (non-hydrogen) atoms. The molecule has 0 fully saturated rings. The third-order valence-corrected chi connectivity index (χ3v) is 15.4. The van der Waals surface area contributed by atoms with E-state index in [2.05, 4.69) is 0 Å². The fraction of sp³-hybridized carbons (Fsp3) is 0.391. The molecule has 0 atom stereocenters. The first kappa shape index (κ1) is 55.7. The second kappa shape index (κ2) is 21.7. The van der Waals surface area contributed by atoms with Gasteiger partial charge < -0.3 is 24.0 Å². The molecule has 3 aliphatic heterocycles. The monoisotopic (exact) mass is 1040 g/mol. The molecule has 3 aromatic carbocycles. The molecule has 0 aromatic heterocycles. The van der Waals surface area contributed by atoms with Gasteiger partial charge >= 0.3 is 35.5 Å². The Labute approximate surface area is 425 Å². The summed E-state index contributed by atoms with van der Waals surface area (Å²) in [7, 11) is -17.9. The van der Waals surface area contributed by atoms with Gasteiger partial charge in [0.2, 0.25) is 5.69 Å². The molecule has 0 bridgehead atoms. The number of aliphatic carboxylic acids is 1. The minimum Gasteiger partial charge on any atom is -0.744 e. The zero-order chi connectivity index (χ0) is 50.0. The number of hydrogen-bond acceptors (Lipinski definition) is 13. The fourth-order valence-electron chi connectivity index (χ4n) is 8.65. The molecule has 0 saturated heterocycles. The number of unbranched alkanes of at least 4 members (excludes halogenated alkanes) is 2. The Morgan fingerprint density at radius 1 is 0.797 bits per heavy atom. The van der Waals surface area contributed by atoms with Crippen LogP contribution < -0.4 is 39.2 Å². The zero-order valence-corrected chi connectivity index (χ0v) is 44.0. The number of carboxylic acid groups (broad SMARTS) is 1. The maximum Gasteiger partial charge on any atom is 1.00 e. The van der Waals surface area contributed by atoms with Crippen LogP contribution in [0.5, 0.6) is 5.75 Å². The molecule has 3 aliphatic rings. The Balaban J connectivity index is 0.00000888. The SMILES string of the molecule is CC1(C)C(/C=C/C2=C(Oc3ccc(CCC(=O)O)cc3)C(=C/C=C3/N(CCCCS(=O)(=O)O)c4ccc(S(=O)(=O)[O-])cc4C3(C)C)/OCC2)=[N+](CCCCS(=O)(=O)O)c2ccc(S(=O)(=O)O)cc21.[Na+]. The molecule has 0 radical (unpaired) electrons. The summed E-state index contributed by atoms with van der Waals surface area (Å²) >= 11 is 0. The van der Waals surface area contributed by atoms with Crippen molar-refractivity contribution in [3.8, 4) is 5.75 Å². The summed E-state index contributed by atoms with van der Waals surface area (Å²) < 4.78 is 150. The van der Waals surface area contributed by atoms with E-state index in [4.69, 9.17) is 9.47 Å². The summed E-state index contributed by atoms with van der Waals surface area (Å²) in [6.07, 6.45) is 8.56. The van der Waals surface area contributed by atoms with Crippen LogP contribution in [0, 0.1) is 0 Å². The number of rotatable bonds is 20. The average molecular weight is 1040 g/mol. The van der Waals surface area contributed by atoms with Crippen LogP contribution in [0.1, 0.15) is 82.9 Å². The third kappa shape index (κ3) is 13.8. The summed E-state index contributed by atoms with van der Waals surface area (Å²) in [6.45, 7) is 8.15. The van der Waals surface area contributed by atoms with Crippen LogP contribution in [0.2, 0.25) is 0 Å². The van der Waals surface area contributed by atoms with Crippen molar-refractivity contribution < 1.29 is 105 Å². The maximum atomic E-state index is 12.2. The van der Waals surface area contributed by atoms with Crippen molar-refractivity contribution in [2.75, 3.05) is 36.1 Å². The smallest absolute Gasteiger partial charge is 0.744 e. The van der Waals surface area contributed by atoms with E-state index in [1.807, 2.05) is 49.3 Å². The van der Waals surface area contributed by atoms with Gasteiger partial charge in [-0.1, -0.05) is 26.0 Å². The predicted molar refractivity (Wildman–Crippen MR) is 251 cm³/mol. The Kier molecular flexibility index (Phi) is 17.5. The molecule has 0 unspecified atom stereocenters. The standard InChI is InChI=1S/C46H54N2O16S4.Na/c1-45(2)36-29-34(67(57,58)59)15-17-38(36)47(24-5-7-27-65(51,52)53)41(45)20-12-32-23-26-63-40(44(32)64-33-13-9-31(10-14-33)11-22-43(49)50)19-21-42-46(3,4)37-30-35(68(60,61)62)16-18-39(37)48(42)25-6-8-28-66(54,55)56;/h9-10,12-21,29-30H,5-8,11,22-28H2,1-4H3,(H4-,49,50,51,52,53,54,55,56,57,58,59,60,61,62);/q;+1. The first-order valence-electron chi connectivity index (χ1n) is 21.6. The van der Waals surface area contributed by atoms with Gasteiger partial charge in [-0.15, -0.1) is 0 Å².